The molecule has 0 atom stereocenters. The maximum absolute atomic E-state index is 12.4. The van der Waals surface area contributed by atoms with Gasteiger partial charge in [0, 0.05) is 15.6 Å². The van der Waals surface area contributed by atoms with Crippen LogP contribution in [0.4, 0.5) is 4.79 Å². The van der Waals surface area contributed by atoms with Crippen LogP contribution in [0.5, 0.6) is 0 Å². The highest BCUT2D eigenvalue weighted by atomic mass is 79.9. The minimum absolute atomic E-state index is 0.328. The van der Waals surface area contributed by atoms with E-state index in [1.165, 1.54) is 0 Å². The highest BCUT2D eigenvalue weighted by molar-refractivity contribution is 9.10. The van der Waals surface area contributed by atoms with Crippen LogP contribution in [0.15, 0.2) is 28.7 Å². The number of para-hydroxylation sites is 1. The van der Waals surface area contributed by atoms with Gasteiger partial charge in [-0.05, 0) is 49.2 Å². The summed E-state index contributed by atoms with van der Waals surface area (Å²) in [6, 6.07) is 7.82. The molecule has 0 aliphatic carbocycles. The zero-order chi connectivity index (χ0) is 14.2. The molecule has 0 saturated heterocycles. The van der Waals surface area contributed by atoms with Crippen LogP contribution in [-0.4, -0.2) is 16.3 Å². The number of benzene rings is 1. The fraction of sp³-hybridized carbons (Fsp3) is 0.400. The number of carbonyl (C=O) groups is 1. The molecule has 3 nitrogen and oxygen atoms in total. The molecule has 0 spiro atoms. The molecule has 1 heterocycles. The zero-order valence-electron chi connectivity index (χ0n) is 11.7. The molecule has 0 amide bonds. The summed E-state index contributed by atoms with van der Waals surface area (Å²) in [7, 11) is 0. The summed E-state index contributed by atoms with van der Waals surface area (Å²) in [4.78, 5) is 12.4. The second-order valence-electron chi connectivity index (χ2n) is 5.45. The second-order valence-corrected chi connectivity index (χ2v) is 6.24. The van der Waals surface area contributed by atoms with Gasteiger partial charge in [0.25, 0.3) is 0 Å². The van der Waals surface area contributed by atoms with Gasteiger partial charge in [0.15, 0.2) is 0 Å². The number of aromatic nitrogens is 1. The van der Waals surface area contributed by atoms with E-state index in [-0.39, 0.29) is 6.09 Å². The van der Waals surface area contributed by atoms with Crippen LogP contribution in [-0.2, 0) is 11.2 Å². The lowest BCUT2D eigenvalue weighted by Crippen LogP contribution is -2.27. The monoisotopic (exact) mass is 323 g/mol. The summed E-state index contributed by atoms with van der Waals surface area (Å²) < 4.78 is 8.12. The third-order valence-corrected chi connectivity index (χ3v) is 3.70. The van der Waals surface area contributed by atoms with E-state index < -0.39 is 5.60 Å². The van der Waals surface area contributed by atoms with Crippen LogP contribution < -0.4 is 0 Å². The maximum atomic E-state index is 12.4. The Hall–Kier alpha value is -1.29. The lowest BCUT2D eigenvalue weighted by Gasteiger charge is -2.20. The third-order valence-electron chi connectivity index (χ3n) is 2.82. The van der Waals surface area contributed by atoms with Crippen molar-refractivity contribution in [2.75, 3.05) is 0 Å². The van der Waals surface area contributed by atoms with Crippen molar-refractivity contribution >= 4 is 32.9 Å². The number of ether oxygens (including phenoxy) is 1. The van der Waals surface area contributed by atoms with E-state index in [0.717, 1.165) is 27.5 Å². The summed E-state index contributed by atoms with van der Waals surface area (Å²) in [5.74, 6) is 0. The van der Waals surface area contributed by atoms with Gasteiger partial charge < -0.3 is 4.74 Å². The number of rotatable bonds is 1. The summed E-state index contributed by atoms with van der Waals surface area (Å²) in [6.07, 6.45) is 0.431. The Kier molecular flexibility index (Phi) is 3.72. The van der Waals surface area contributed by atoms with Crippen LogP contribution in [0.25, 0.3) is 10.9 Å². The molecule has 0 saturated carbocycles. The number of fused-ring (bicyclic) bond motifs is 1. The Labute approximate surface area is 121 Å². The van der Waals surface area contributed by atoms with Crippen molar-refractivity contribution < 1.29 is 9.53 Å². The summed E-state index contributed by atoms with van der Waals surface area (Å²) >= 11 is 3.58. The number of hydrogen-bond donors (Lipinski definition) is 0. The minimum atomic E-state index is -0.500. The second kappa shape index (κ2) is 5.00. The smallest absolute Gasteiger partial charge is 0.419 e. The SMILES string of the molecule is CCc1c(Br)c2ccccc2n1C(=O)OC(C)(C)C. The molecule has 4 heteroatoms. The topological polar surface area (TPSA) is 31.2 Å². The first-order chi connectivity index (χ1) is 8.85. The first-order valence-corrected chi connectivity index (χ1v) is 7.15. The predicted octanol–water partition coefficient (Wildman–Crippen LogP) is 4.75. The van der Waals surface area contributed by atoms with Crippen LogP contribution in [0.2, 0.25) is 0 Å². The predicted molar refractivity (Wildman–Crippen MR) is 80.6 cm³/mol. The lowest BCUT2D eigenvalue weighted by atomic mass is 10.2. The largest absolute Gasteiger partial charge is 0.443 e. The molecule has 0 unspecified atom stereocenters. The maximum Gasteiger partial charge on any atom is 0.419 e. The average molecular weight is 324 g/mol. The Morgan fingerprint density at radius 2 is 1.95 bits per heavy atom. The summed E-state index contributed by atoms with van der Waals surface area (Å²) in [5.41, 5.74) is 1.32. The molecule has 0 bridgehead atoms. The van der Waals surface area contributed by atoms with Gasteiger partial charge in [-0.2, -0.15) is 0 Å². The third kappa shape index (κ3) is 2.68. The molecule has 2 rings (SSSR count). The molecule has 0 aliphatic rings. The van der Waals surface area contributed by atoms with E-state index >= 15 is 0 Å². The van der Waals surface area contributed by atoms with Crippen LogP contribution in [0.1, 0.15) is 33.4 Å². The van der Waals surface area contributed by atoms with Gasteiger partial charge in [-0.1, -0.05) is 25.1 Å². The molecule has 0 radical (unpaired) electrons. The standard InChI is InChI=1S/C15H18BrNO2/c1-5-11-13(16)10-8-6-7-9-12(10)17(11)14(18)19-15(2,3)4/h6-9H,5H2,1-4H3. The van der Waals surface area contributed by atoms with E-state index in [2.05, 4.69) is 15.9 Å². The Morgan fingerprint density at radius 3 is 2.53 bits per heavy atom. The van der Waals surface area contributed by atoms with Crippen molar-refractivity contribution in [3.05, 3.63) is 34.4 Å². The quantitative estimate of drug-likeness (QED) is 0.758. The Balaban J connectivity index is 2.62. The van der Waals surface area contributed by atoms with E-state index in [9.17, 15) is 4.79 Å². The normalized spacial score (nSPS) is 11.8. The van der Waals surface area contributed by atoms with Gasteiger partial charge in [0.1, 0.15) is 5.60 Å². The molecule has 0 aliphatic heterocycles. The van der Waals surface area contributed by atoms with E-state index in [1.54, 1.807) is 4.57 Å². The number of halogens is 1. The highest BCUT2D eigenvalue weighted by Crippen LogP contribution is 2.32. The molecule has 0 N–H and O–H groups in total. The molecule has 2 aromatic rings. The average Bonchev–Trinajstić information content (AvgIpc) is 2.60. The molecule has 1 aromatic heterocycles. The molecule has 0 fully saturated rings. The van der Waals surface area contributed by atoms with Crippen LogP contribution in [0, 0.1) is 0 Å². The van der Waals surface area contributed by atoms with Crippen molar-refractivity contribution in [2.24, 2.45) is 0 Å². The molecule has 102 valence electrons. The fourth-order valence-electron chi connectivity index (χ4n) is 2.08. The molecule has 1 aromatic carbocycles. The van der Waals surface area contributed by atoms with Crippen molar-refractivity contribution in [1.82, 2.24) is 4.57 Å². The summed E-state index contributed by atoms with van der Waals surface area (Å²) in [5, 5.41) is 1.03. The van der Waals surface area contributed by atoms with Crippen molar-refractivity contribution in [2.45, 2.75) is 39.7 Å². The first kappa shape index (κ1) is 14.1. The van der Waals surface area contributed by atoms with Crippen molar-refractivity contribution in [3.8, 4) is 0 Å². The van der Waals surface area contributed by atoms with Crippen molar-refractivity contribution in [1.29, 1.82) is 0 Å². The highest BCUT2D eigenvalue weighted by Gasteiger charge is 2.23. The van der Waals surface area contributed by atoms with Gasteiger partial charge >= 0.3 is 6.09 Å². The van der Waals surface area contributed by atoms with Gasteiger partial charge in [-0.3, -0.25) is 0 Å². The lowest BCUT2D eigenvalue weighted by molar-refractivity contribution is 0.0540. The number of nitrogens with zero attached hydrogens (tertiary/aromatic N) is 1. The Morgan fingerprint density at radius 1 is 1.32 bits per heavy atom. The van der Waals surface area contributed by atoms with Gasteiger partial charge in [0.2, 0.25) is 0 Å². The van der Waals surface area contributed by atoms with E-state index in [1.807, 2.05) is 52.0 Å². The molecule has 19 heavy (non-hydrogen) atoms. The number of hydrogen-bond acceptors (Lipinski definition) is 2. The Bertz CT molecular complexity index is 623. The van der Waals surface area contributed by atoms with Gasteiger partial charge in [-0.25, -0.2) is 9.36 Å². The van der Waals surface area contributed by atoms with Gasteiger partial charge in [-0.15, -0.1) is 0 Å². The first-order valence-electron chi connectivity index (χ1n) is 6.36. The van der Waals surface area contributed by atoms with Crippen LogP contribution >= 0.6 is 15.9 Å². The van der Waals surface area contributed by atoms with Gasteiger partial charge in [0.05, 0.1) is 5.52 Å². The van der Waals surface area contributed by atoms with Crippen molar-refractivity contribution in [3.63, 3.8) is 0 Å². The molecular formula is C15H18BrNO2. The van der Waals surface area contributed by atoms with E-state index in [0.29, 0.717) is 0 Å². The fourth-order valence-corrected chi connectivity index (χ4v) is 2.88. The minimum Gasteiger partial charge on any atom is -0.443 e. The summed E-state index contributed by atoms with van der Waals surface area (Å²) in [6.45, 7) is 7.64. The van der Waals surface area contributed by atoms with E-state index in [4.69, 9.17) is 4.74 Å². The van der Waals surface area contributed by atoms with Crippen LogP contribution in [0.3, 0.4) is 0 Å². The molecular weight excluding hydrogens is 306 g/mol. The zero-order valence-corrected chi connectivity index (χ0v) is 13.2. The number of carbonyl (C=O) groups excluding carboxylic acids is 1.